The highest BCUT2D eigenvalue weighted by Gasteiger charge is 2.21. The third kappa shape index (κ3) is 4.51. The predicted octanol–water partition coefficient (Wildman–Crippen LogP) is 5.43. The Hall–Kier alpha value is -3.91. The van der Waals surface area contributed by atoms with E-state index in [1.807, 2.05) is 31.4 Å². The lowest BCUT2D eigenvalue weighted by atomic mass is 10.0. The molecular weight excluding hydrogens is 440 g/mol. The molecule has 33 heavy (non-hydrogen) atoms. The zero-order valence-electron chi connectivity index (χ0n) is 18.4. The molecule has 2 heterocycles. The van der Waals surface area contributed by atoms with E-state index >= 15 is 0 Å². The smallest absolute Gasteiger partial charge is 0.323 e. The summed E-state index contributed by atoms with van der Waals surface area (Å²) in [6, 6.07) is 11.6. The molecule has 8 nitrogen and oxygen atoms in total. The fraction of sp³-hybridized carbons (Fsp3) is 0.167. The van der Waals surface area contributed by atoms with Gasteiger partial charge in [0.1, 0.15) is 17.8 Å². The second kappa shape index (κ2) is 8.91. The molecule has 9 heteroatoms. The third-order valence-corrected chi connectivity index (χ3v) is 5.66. The Bertz CT molecular complexity index is 1380. The molecule has 0 saturated carbocycles. The van der Waals surface area contributed by atoms with E-state index in [0.29, 0.717) is 38.6 Å². The Morgan fingerprint density at radius 3 is 2.48 bits per heavy atom. The summed E-state index contributed by atoms with van der Waals surface area (Å²) in [6.07, 6.45) is 3.13. The molecule has 0 aliphatic heterocycles. The molecule has 0 aliphatic carbocycles. The van der Waals surface area contributed by atoms with Crippen LogP contribution >= 0.6 is 11.6 Å². The monoisotopic (exact) mass is 462 g/mol. The Morgan fingerprint density at radius 2 is 1.79 bits per heavy atom. The topological polar surface area (TPSA) is 115 Å². The summed E-state index contributed by atoms with van der Waals surface area (Å²) in [5, 5.41) is 6.55. The summed E-state index contributed by atoms with van der Waals surface area (Å²) in [4.78, 5) is 34.2. The molecule has 0 radical (unpaired) electrons. The number of halogens is 1. The number of nitrogen functional groups attached to an aromatic ring is 1. The maximum absolute atomic E-state index is 13.4. The molecule has 0 fully saturated rings. The maximum atomic E-state index is 13.4. The number of carbonyl (C=O) groups excluding carboxylic acids is 2. The van der Waals surface area contributed by atoms with Gasteiger partial charge in [-0.25, -0.2) is 14.8 Å². The van der Waals surface area contributed by atoms with Gasteiger partial charge >= 0.3 is 6.03 Å². The minimum Gasteiger partial charge on any atom is -0.383 e. The number of hydrogen-bond donors (Lipinski definition) is 3. The Labute approximate surface area is 195 Å². The van der Waals surface area contributed by atoms with E-state index in [0.717, 1.165) is 5.56 Å². The average Bonchev–Trinajstić information content (AvgIpc) is 3.17. The number of fused-ring (bicyclic) bond motifs is 1. The number of nitrogens with zero attached hydrogens (tertiary/aromatic N) is 3. The van der Waals surface area contributed by atoms with E-state index in [9.17, 15) is 9.59 Å². The molecule has 0 atom stereocenters. The Morgan fingerprint density at radius 1 is 1.06 bits per heavy atom. The largest absolute Gasteiger partial charge is 0.383 e. The number of ketones is 1. The summed E-state index contributed by atoms with van der Waals surface area (Å²) in [7, 11) is 0. The van der Waals surface area contributed by atoms with Crippen molar-refractivity contribution in [3.05, 3.63) is 76.7 Å². The molecule has 0 spiro atoms. The van der Waals surface area contributed by atoms with Crippen molar-refractivity contribution in [3.8, 4) is 0 Å². The fourth-order valence-electron chi connectivity index (χ4n) is 3.53. The van der Waals surface area contributed by atoms with Crippen LogP contribution in [0.4, 0.5) is 22.0 Å². The number of nitrogens with two attached hydrogens (primary N) is 1. The van der Waals surface area contributed by atoms with Crippen LogP contribution < -0.4 is 16.4 Å². The van der Waals surface area contributed by atoms with Crippen LogP contribution in [-0.4, -0.2) is 26.3 Å². The van der Waals surface area contributed by atoms with Crippen molar-refractivity contribution in [2.75, 3.05) is 16.4 Å². The van der Waals surface area contributed by atoms with E-state index in [-0.39, 0.29) is 17.6 Å². The van der Waals surface area contributed by atoms with Gasteiger partial charge < -0.3 is 20.9 Å². The molecule has 168 valence electrons. The maximum Gasteiger partial charge on any atom is 0.323 e. The van der Waals surface area contributed by atoms with Crippen LogP contribution in [0.3, 0.4) is 0 Å². The highest BCUT2D eigenvalue weighted by atomic mass is 35.5. The summed E-state index contributed by atoms with van der Waals surface area (Å²) < 4.78 is 1.89. The van der Waals surface area contributed by atoms with E-state index in [1.54, 1.807) is 42.6 Å². The minimum atomic E-state index is -0.450. The summed E-state index contributed by atoms with van der Waals surface area (Å²) in [6.45, 7) is 5.87. The Balaban J connectivity index is 1.60. The van der Waals surface area contributed by atoms with Crippen LogP contribution in [0.15, 0.2) is 55.0 Å². The second-order valence-corrected chi connectivity index (χ2v) is 8.36. The zero-order chi connectivity index (χ0) is 23.7. The van der Waals surface area contributed by atoms with Gasteiger partial charge in [0, 0.05) is 34.2 Å². The third-order valence-electron chi connectivity index (χ3n) is 5.25. The molecule has 4 aromatic rings. The molecule has 0 unspecified atom stereocenters. The van der Waals surface area contributed by atoms with Gasteiger partial charge in [0.15, 0.2) is 5.78 Å². The molecule has 2 aromatic heterocycles. The first-order chi connectivity index (χ1) is 15.7. The number of aromatic nitrogens is 3. The number of amides is 2. The lowest BCUT2D eigenvalue weighted by Gasteiger charge is -2.10. The first kappa shape index (κ1) is 22.3. The van der Waals surface area contributed by atoms with Gasteiger partial charge in [0.25, 0.3) is 0 Å². The molecule has 4 N–H and O–H groups in total. The van der Waals surface area contributed by atoms with Gasteiger partial charge in [-0.15, -0.1) is 0 Å². The summed E-state index contributed by atoms with van der Waals surface area (Å²) >= 11 is 6.12. The number of aryl methyl sites for hydroxylation is 1. The van der Waals surface area contributed by atoms with Gasteiger partial charge in [0.2, 0.25) is 0 Å². The standard InChI is InChI=1S/C24H23ClN6O2/c1-13(2)31-11-18(20-22(26)27-12-28-23(20)31)21(32)15-5-4-6-16(9-15)29-24(33)30-17-8-7-14(3)19(25)10-17/h4-13H,1-3H3,(H2,26,27,28)(H2,29,30,33). The normalized spacial score (nSPS) is 11.1. The lowest BCUT2D eigenvalue weighted by Crippen LogP contribution is -2.19. The lowest BCUT2D eigenvalue weighted by molar-refractivity contribution is 0.104. The molecule has 4 rings (SSSR count). The van der Waals surface area contributed by atoms with Gasteiger partial charge in [-0.3, -0.25) is 4.79 Å². The first-order valence-corrected chi connectivity index (χ1v) is 10.7. The predicted molar refractivity (Wildman–Crippen MR) is 131 cm³/mol. The Kier molecular flexibility index (Phi) is 6.02. The number of rotatable bonds is 5. The van der Waals surface area contributed by atoms with Gasteiger partial charge in [-0.1, -0.05) is 29.8 Å². The summed E-state index contributed by atoms with van der Waals surface area (Å²) in [5.41, 5.74) is 9.44. The zero-order valence-corrected chi connectivity index (χ0v) is 19.1. The highest BCUT2D eigenvalue weighted by Crippen LogP contribution is 2.29. The minimum absolute atomic E-state index is 0.0790. The number of urea groups is 1. The first-order valence-electron chi connectivity index (χ1n) is 10.3. The SMILES string of the molecule is Cc1ccc(NC(=O)Nc2cccc(C(=O)c3cn(C(C)C)c4ncnc(N)c34)c2)cc1Cl. The molecule has 0 saturated heterocycles. The van der Waals surface area contributed by atoms with Crippen LogP contribution in [0.2, 0.25) is 5.02 Å². The van der Waals surface area contributed by atoms with Crippen molar-refractivity contribution < 1.29 is 9.59 Å². The van der Waals surface area contributed by atoms with Crippen molar-refractivity contribution >= 4 is 51.6 Å². The number of nitrogens with one attached hydrogen (secondary N) is 2. The van der Waals surface area contributed by atoms with Crippen LogP contribution in [0, 0.1) is 6.92 Å². The second-order valence-electron chi connectivity index (χ2n) is 7.95. The van der Waals surface area contributed by atoms with Crippen molar-refractivity contribution in [1.82, 2.24) is 14.5 Å². The van der Waals surface area contributed by atoms with Crippen LogP contribution in [0.1, 0.15) is 41.4 Å². The van der Waals surface area contributed by atoms with Crippen LogP contribution in [0.25, 0.3) is 11.0 Å². The van der Waals surface area contributed by atoms with Crippen molar-refractivity contribution in [1.29, 1.82) is 0 Å². The molecule has 0 bridgehead atoms. The number of carbonyl (C=O) groups is 2. The molecular formula is C24H23ClN6O2. The number of benzene rings is 2. The number of hydrogen-bond acceptors (Lipinski definition) is 5. The van der Waals surface area contributed by atoms with E-state index in [4.69, 9.17) is 17.3 Å². The quantitative estimate of drug-likeness (QED) is 0.342. The molecule has 2 aromatic carbocycles. The van der Waals surface area contributed by atoms with Gasteiger partial charge in [-0.05, 0) is 50.6 Å². The van der Waals surface area contributed by atoms with Gasteiger partial charge in [-0.2, -0.15) is 0 Å². The number of anilines is 3. The van der Waals surface area contributed by atoms with Crippen molar-refractivity contribution in [2.45, 2.75) is 26.8 Å². The van der Waals surface area contributed by atoms with E-state index in [1.165, 1.54) is 6.33 Å². The fourth-order valence-corrected chi connectivity index (χ4v) is 3.71. The van der Waals surface area contributed by atoms with Crippen molar-refractivity contribution in [3.63, 3.8) is 0 Å². The molecule has 2 amide bonds. The van der Waals surface area contributed by atoms with E-state index < -0.39 is 6.03 Å². The van der Waals surface area contributed by atoms with Crippen molar-refractivity contribution in [2.24, 2.45) is 0 Å². The summed E-state index contributed by atoms with van der Waals surface area (Å²) in [5.74, 6) is 0.00319. The molecule has 0 aliphatic rings. The van der Waals surface area contributed by atoms with Crippen LogP contribution in [-0.2, 0) is 0 Å². The van der Waals surface area contributed by atoms with Gasteiger partial charge in [0.05, 0.1) is 10.9 Å². The van der Waals surface area contributed by atoms with Crippen LogP contribution in [0.5, 0.6) is 0 Å². The average molecular weight is 463 g/mol. The highest BCUT2D eigenvalue weighted by molar-refractivity contribution is 6.31. The van der Waals surface area contributed by atoms with E-state index in [2.05, 4.69) is 20.6 Å².